The molecule has 6 heteroatoms. The van der Waals surface area contributed by atoms with E-state index in [-0.39, 0.29) is 0 Å². The molecule has 2 aromatic carbocycles. The third-order valence-electron chi connectivity index (χ3n) is 4.22. The van der Waals surface area contributed by atoms with Gasteiger partial charge in [0, 0.05) is 35.9 Å². The second-order valence-electron chi connectivity index (χ2n) is 5.57. The molecular formula is C19H21N3O3. The Bertz CT molecular complexity index is 871. The van der Waals surface area contributed by atoms with Crippen molar-refractivity contribution in [2.75, 3.05) is 26.6 Å². The standard InChI is InChI=1S/C19H21N3O3/c1-12-13(5-6-16-15(12)10-20-11-22-16)9-21-14-7-17(23-2)19(25-4)18(8-14)24-3/h5-8,10-11,21H,9H2,1-4H3. The second-order valence-corrected chi connectivity index (χ2v) is 5.57. The van der Waals surface area contributed by atoms with Gasteiger partial charge in [0.25, 0.3) is 0 Å². The number of anilines is 1. The van der Waals surface area contributed by atoms with E-state index in [1.54, 1.807) is 27.7 Å². The maximum absolute atomic E-state index is 5.39. The topological polar surface area (TPSA) is 65.5 Å². The summed E-state index contributed by atoms with van der Waals surface area (Å²) in [5.41, 5.74) is 4.18. The summed E-state index contributed by atoms with van der Waals surface area (Å²) < 4.78 is 16.1. The molecule has 25 heavy (non-hydrogen) atoms. The summed E-state index contributed by atoms with van der Waals surface area (Å²) in [4.78, 5) is 8.41. The first-order valence-corrected chi connectivity index (χ1v) is 7.90. The smallest absolute Gasteiger partial charge is 0.203 e. The number of aryl methyl sites for hydroxylation is 1. The minimum absolute atomic E-state index is 0.578. The molecule has 0 unspecified atom stereocenters. The number of ether oxygens (including phenoxy) is 3. The predicted octanol–water partition coefficient (Wildman–Crippen LogP) is 3.58. The number of benzene rings is 2. The predicted molar refractivity (Wildman–Crippen MR) is 97.7 cm³/mol. The molecule has 0 saturated heterocycles. The summed E-state index contributed by atoms with van der Waals surface area (Å²) in [6.45, 7) is 2.74. The van der Waals surface area contributed by atoms with Crippen LogP contribution in [0.2, 0.25) is 0 Å². The number of rotatable bonds is 6. The number of hydrogen-bond donors (Lipinski definition) is 1. The van der Waals surface area contributed by atoms with Gasteiger partial charge in [0.05, 0.1) is 26.8 Å². The molecule has 0 fully saturated rings. The van der Waals surface area contributed by atoms with Gasteiger partial charge in [0.2, 0.25) is 5.75 Å². The summed E-state index contributed by atoms with van der Waals surface area (Å²) in [7, 11) is 4.80. The molecule has 3 aromatic rings. The lowest BCUT2D eigenvalue weighted by molar-refractivity contribution is 0.324. The Morgan fingerprint density at radius 3 is 2.36 bits per heavy atom. The van der Waals surface area contributed by atoms with Gasteiger partial charge in [-0.2, -0.15) is 0 Å². The lowest BCUT2D eigenvalue weighted by Crippen LogP contribution is -2.03. The normalized spacial score (nSPS) is 10.6. The molecule has 6 nitrogen and oxygen atoms in total. The van der Waals surface area contributed by atoms with Crippen molar-refractivity contribution in [3.05, 3.63) is 47.9 Å². The Morgan fingerprint density at radius 1 is 1.00 bits per heavy atom. The molecule has 0 radical (unpaired) electrons. The van der Waals surface area contributed by atoms with Crippen molar-refractivity contribution in [2.45, 2.75) is 13.5 Å². The van der Waals surface area contributed by atoms with Crippen LogP contribution in [-0.4, -0.2) is 31.3 Å². The van der Waals surface area contributed by atoms with Crippen molar-refractivity contribution >= 4 is 16.6 Å². The Hall–Kier alpha value is -3.02. The zero-order valence-electron chi connectivity index (χ0n) is 14.8. The van der Waals surface area contributed by atoms with Crippen LogP contribution >= 0.6 is 0 Å². The van der Waals surface area contributed by atoms with E-state index >= 15 is 0 Å². The molecule has 1 heterocycles. The molecule has 0 bridgehead atoms. The minimum Gasteiger partial charge on any atom is -0.493 e. The van der Waals surface area contributed by atoms with Crippen molar-refractivity contribution in [3.8, 4) is 17.2 Å². The SMILES string of the molecule is COc1cc(NCc2ccc3ncncc3c2C)cc(OC)c1OC. The van der Waals surface area contributed by atoms with Crippen LogP contribution in [0.15, 0.2) is 36.8 Å². The van der Waals surface area contributed by atoms with Crippen molar-refractivity contribution in [3.63, 3.8) is 0 Å². The number of hydrogen-bond acceptors (Lipinski definition) is 6. The Balaban J connectivity index is 1.88. The van der Waals surface area contributed by atoms with Gasteiger partial charge in [-0.15, -0.1) is 0 Å². The van der Waals surface area contributed by atoms with E-state index in [4.69, 9.17) is 14.2 Å². The van der Waals surface area contributed by atoms with Crippen LogP contribution in [0.4, 0.5) is 5.69 Å². The summed E-state index contributed by atoms with van der Waals surface area (Å²) in [5.74, 6) is 1.82. The fourth-order valence-corrected chi connectivity index (χ4v) is 2.81. The lowest BCUT2D eigenvalue weighted by Gasteiger charge is -2.16. The number of methoxy groups -OCH3 is 3. The molecule has 0 saturated carbocycles. The van der Waals surface area contributed by atoms with Crippen molar-refractivity contribution in [2.24, 2.45) is 0 Å². The quantitative estimate of drug-likeness (QED) is 0.740. The van der Waals surface area contributed by atoms with Gasteiger partial charge in [-0.1, -0.05) is 6.07 Å². The van der Waals surface area contributed by atoms with Crippen LogP contribution in [-0.2, 0) is 6.54 Å². The average molecular weight is 339 g/mol. The fourth-order valence-electron chi connectivity index (χ4n) is 2.81. The van der Waals surface area contributed by atoms with E-state index in [1.807, 2.05) is 24.4 Å². The molecule has 1 aromatic heterocycles. The zero-order chi connectivity index (χ0) is 17.8. The van der Waals surface area contributed by atoms with Gasteiger partial charge in [0.15, 0.2) is 11.5 Å². The largest absolute Gasteiger partial charge is 0.493 e. The molecule has 0 atom stereocenters. The first-order valence-electron chi connectivity index (χ1n) is 7.90. The van der Waals surface area contributed by atoms with Gasteiger partial charge in [0.1, 0.15) is 6.33 Å². The van der Waals surface area contributed by atoms with Crippen LogP contribution < -0.4 is 19.5 Å². The van der Waals surface area contributed by atoms with Crippen LogP contribution in [0.5, 0.6) is 17.2 Å². The van der Waals surface area contributed by atoms with Crippen molar-refractivity contribution in [1.29, 1.82) is 0 Å². The summed E-state index contributed by atoms with van der Waals surface area (Å²) >= 11 is 0. The highest BCUT2D eigenvalue weighted by molar-refractivity contribution is 5.82. The van der Waals surface area contributed by atoms with E-state index in [0.717, 1.165) is 22.2 Å². The Labute approximate surface area is 146 Å². The van der Waals surface area contributed by atoms with E-state index in [2.05, 4.69) is 28.3 Å². The molecule has 0 aliphatic carbocycles. The number of fused-ring (bicyclic) bond motifs is 1. The maximum Gasteiger partial charge on any atom is 0.203 e. The Kier molecular flexibility index (Phi) is 4.88. The van der Waals surface area contributed by atoms with Crippen molar-refractivity contribution in [1.82, 2.24) is 9.97 Å². The van der Waals surface area contributed by atoms with Crippen LogP contribution in [0.25, 0.3) is 10.9 Å². The summed E-state index contributed by atoms with van der Waals surface area (Å²) in [5, 5.41) is 4.47. The van der Waals surface area contributed by atoms with Gasteiger partial charge in [-0.25, -0.2) is 9.97 Å². The molecule has 0 amide bonds. The molecule has 1 N–H and O–H groups in total. The lowest BCUT2D eigenvalue weighted by atomic mass is 10.0. The molecule has 3 rings (SSSR count). The van der Waals surface area contributed by atoms with E-state index in [9.17, 15) is 0 Å². The van der Waals surface area contributed by atoms with Gasteiger partial charge in [-0.05, 0) is 24.1 Å². The molecule has 0 spiro atoms. The maximum atomic E-state index is 5.39. The van der Waals surface area contributed by atoms with E-state index in [0.29, 0.717) is 23.8 Å². The van der Waals surface area contributed by atoms with Crippen LogP contribution in [0.3, 0.4) is 0 Å². The molecule has 130 valence electrons. The van der Waals surface area contributed by atoms with Crippen molar-refractivity contribution < 1.29 is 14.2 Å². The monoisotopic (exact) mass is 339 g/mol. The van der Waals surface area contributed by atoms with Gasteiger partial charge >= 0.3 is 0 Å². The van der Waals surface area contributed by atoms with Crippen LogP contribution in [0, 0.1) is 6.92 Å². The summed E-state index contributed by atoms with van der Waals surface area (Å²) in [6.07, 6.45) is 3.41. The second kappa shape index (κ2) is 7.25. The summed E-state index contributed by atoms with van der Waals surface area (Å²) in [6, 6.07) is 7.87. The van der Waals surface area contributed by atoms with E-state index in [1.165, 1.54) is 5.56 Å². The minimum atomic E-state index is 0.578. The molecule has 0 aliphatic heterocycles. The Morgan fingerprint density at radius 2 is 1.72 bits per heavy atom. The highest BCUT2D eigenvalue weighted by atomic mass is 16.5. The van der Waals surface area contributed by atoms with Crippen LogP contribution in [0.1, 0.15) is 11.1 Å². The first-order chi connectivity index (χ1) is 12.2. The fraction of sp³-hybridized carbons (Fsp3) is 0.263. The molecule has 0 aliphatic rings. The van der Waals surface area contributed by atoms with E-state index < -0.39 is 0 Å². The first kappa shape index (κ1) is 16.8. The third kappa shape index (κ3) is 3.28. The third-order valence-corrected chi connectivity index (χ3v) is 4.22. The molecular weight excluding hydrogens is 318 g/mol. The zero-order valence-corrected chi connectivity index (χ0v) is 14.8. The number of nitrogens with one attached hydrogen (secondary N) is 1. The average Bonchev–Trinajstić information content (AvgIpc) is 2.66. The number of nitrogens with zero attached hydrogens (tertiary/aromatic N) is 2. The highest BCUT2D eigenvalue weighted by Crippen LogP contribution is 2.40. The highest BCUT2D eigenvalue weighted by Gasteiger charge is 2.13. The van der Waals surface area contributed by atoms with Gasteiger partial charge < -0.3 is 19.5 Å². The van der Waals surface area contributed by atoms with Gasteiger partial charge in [-0.3, -0.25) is 0 Å². The number of aromatic nitrogens is 2.